The number of aryl methyl sites for hydroxylation is 2. The Morgan fingerprint density at radius 2 is 1.89 bits per heavy atom. The minimum absolute atomic E-state index is 0.149. The highest BCUT2D eigenvalue weighted by Gasteiger charge is 2.35. The van der Waals surface area contributed by atoms with Crippen LogP contribution in [0.5, 0.6) is 0 Å². The predicted octanol–water partition coefficient (Wildman–Crippen LogP) is 6.55. The fourth-order valence-electron chi connectivity index (χ4n) is 4.51. The fraction of sp³-hybridized carbons (Fsp3) is 0.222. The summed E-state index contributed by atoms with van der Waals surface area (Å²) in [6.45, 7) is 5.27. The maximum absolute atomic E-state index is 13.5. The molecule has 1 atom stereocenters. The first kappa shape index (κ1) is 23.6. The number of hydrogen-bond donors (Lipinski definition) is 1. The lowest BCUT2D eigenvalue weighted by molar-refractivity contribution is -0.140. The van der Waals surface area contributed by atoms with Crippen LogP contribution >= 0.6 is 0 Å². The molecule has 5 aromatic rings. The molecule has 0 spiro atoms. The van der Waals surface area contributed by atoms with Crippen molar-refractivity contribution in [3.05, 3.63) is 87.5 Å². The standard InChI is InChI=1S/C27H23F3N4O2/c1-14-10-19(16(3)32-22-6-5-9-31-26(22)27(28,29)30)25-20(11-14)23(35)15(2)24(36-25)17-7-8-21-18(12-17)13-34(4)33-21/h5-13,16,32H,1-4H3/t16-/m1/s1. The van der Waals surface area contributed by atoms with Crippen molar-refractivity contribution in [2.45, 2.75) is 33.0 Å². The van der Waals surface area contributed by atoms with Gasteiger partial charge in [-0.15, -0.1) is 0 Å². The van der Waals surface area contributed by atoms with E-state index >= 15 is 0 Å². The first-order valence-electron chi connectivity index (χ1n) is 11.3. The van der Waals surface area contributed by atoms with Crippen LogP contribution in [0, 0.1) is 13.8 Å². The van der Waals surface area contributed by atoms with Gasteiger partial charge in [0.05, 0.1) is 22.6 Å². The molecule has 0 saturated heterocycles. The van der Waals surface area contributed by atoms with Gasteiger partial charge in [0, 0.05) is 41.5 Å². The van der Waals surface area contributed by atoms with Gasteiger partial charge in [0.2, 0.25) is 0 Å². The van der Waals surface area contributed by atoms with Crippen molar-refractivity contribution in [3.63, 3.8) is 0 Å². The number of aromatic nitrogens is 3. The molecule has 0 radical (unpaired) electrons. The van der Waals surface area contributed by atoms with Gasteiger partial charge in [-0.3, -0.25) is 9.48 Å². The molecule has 0 aliphatic carbocycles. The molecule has 184 valence electrons. The highest BCUT2D eigenvalue weighted by atomic mass is 19.4. The van der Waals surface area contributed by atoms with Crippen LogP contribution in [0.3, 0.4) is 0 Å². The Morgan fingerprint density at radius 1 is 1.11 bits per heavy atom. The van der Waals surface area contributed by atoms with Gasteiger partial charge in [0.15, 0.2) is 11.1 Å². The van der Waals surface area contributed by atoms with Crippen LogP contribution in [-0.2, 0) is 13.2 Å². The van der Waals surface area contributed by atoms with Crippen LogP contribution in [0.2, 0.25) is 0 Å². The summed E-state index contributed by atoms with van der Waals surface area (Å²) >= 11 is 0. The Morgan fingerprint density at radius 3 is 2.64 bits per heavy atom. The van der Waals surface area contributed by atoms with E-state index in [2.05, 4.69) is 15.4 Å². The largest absolute Gasteiger partial charge is 0.455 e. The lowest BCUT2D eigenvalue weighted by atomic mass is 9.98. The summed E-state index contributed by atoms with van der Waals surface area (Å²) in [6, 6.07) is 11.3. The summed E-state index contributed by atoms with van der Waals surface area (Å²) in [5, 5.41) is 8.57. The zero-order valence-electron chi connectivity index (χ0n) is 20.1. The molecule has 0 aliphatic rings. The summed E-state index contributed by atoms with van der Waals surface area (Å²) < 4.78 is 48.6. The average molecular weight is 493 g/mol. The van der Waals surface area contributed by atoms with Gasteiger partial charge in [-0.2, -0.15) is 18.3 Å². The lowest BCUT2D eigenvalue weighted by Gasteiger charge is -2.20. The normalized spacial score (nSPS) is 12.9. The average Bonchev–Trinajstić information content (AvgIpc) is 3.20. The third-order valence-corrected chi connectivity index (χ3v) is 6.19. The molecular weight excluding hydrogens is 469 g/mol. The Hall–Kier alpha value is -4.14. The summed E-state index contributed by atoms with van der Waals surface area (Å²) in [5.74, 6) is 0.410. The van der Waals surface area contributed by atoms with Crippen LogP contribution in [-0.4, -0.2) is 14.8 Å². The molecule has 36 heavy (non-hydrogen) atoms. The van der Waals surface area contributed by atoms with E-state index in [0.29, 0.717) is 33.4 Å². The number of alkyl halides is 3. The minimum atomic E-state index is -4.61. The van der Waals surface area contributed by atoms with Crippen LogP contribution in [0.25, 0.3) is 33.2 Å². The van der Waals surface area contributed by atoms with Gasteiger partial charge in [-0.1, -0.05) is 6.07 Å². The number of anilines is 1. The number of rotatable bonds is 4. The second-order valence-electron chi connectivity index (χ2n) is 8.96. The van der Waals surface area contributed by atoms with Gasteiger partial charge < -0.3 is 9.73 Å². The molecule has 9 heteroatoms. The van der Waals surface area contributed by atoms with Crippen molar-refractivity contribution in [1.82, 2.24) is 14.8 Å². The molecule has 3 heterocycles. The topological polar surface area (TPSA) is 73.0 Å². The summed E-state index contributed by atoms with van der Waals surface area (Å²) in [7, 11) is 1.83. The van der Waals surface area contributed by atoms with E-state index in [1.165, 1.54) is 12.1 Å². The summed E-state index contributed by atoms with van der Waals surface area (Å²) in [5.41, 5.74) is 2.34. The number of fused-ring (bicyclic) bond motifs is 2. The Bertz CT molecular complexity index is 1690. The van der Waals surface area contributed by atoms with Crippen molar-refractivity contribution in [1.29, 1.82) is 0 Å². The third kappa shape index (κ3) is 4.10. The van der Waals surface area contributed by atoms with Crippen LogP contribution < -0.4 is 10.7 Å². The van der Waals surface area contributed by atoms with E-state index in [9.17, 15) is 18.0 Å². The highest BCUT2D eigenvalue weighted by molar-refractivity contribution is 5.87. The summed E-state index contributed by atoms with van der Waals surface area (Å²) in [4.78, 5) is 16.9. The molecular formula is C27H23F3N4O2. The van der Waals surface area contributed by atoms with Gasteiger partial charge in [0.1, 0.15) is 11.3 Å². The Balaban J connectivity index is 1.67. The van der Waals surface area contributed by atoms with E-state index < -0.39 is 17.9 Å². The molecule has 0 fully saturated rings. The second kappa shape index (κ2) is 8.51. The summed E-state index contributed by atoms with van der Waals surface area (Å²) in [6.07, 6.45) is -1.63. The van der Waals surface area contributed by atoms with Crippen LogP contribution in [0.15, 0.2) is 64.1 Å². The lowest BCUT2D eigenvalue weighted by Crippen LogP contribution is -2.16. The molecule has 5 rings (SSSR count). The van der Waals surface area contributed by atoms with E-state index in [1.807, 2.05) is 44.4 Å². The van der Waals surface area contributed by atoms with Gasteiger partial charge in [-0.05, 0) is 62.7 Å². The SMILES string of the molecule is Cc1cc([C@@H](C)Nc2cccnc2C(F)(F)F)c2oc(-c3ccc4nn(C)cc4c3)c(C)c(=O)c2c1. The quantitative estimate of drug-likeness (QED) is 0.308. The van der Waals surface area contributed by atoms with Crippen molar-refractivity contribution in [3.8, 4) is 11.3 Å². The van der Waals surface area contributed by atoms with Crippen molar-refractivity contribution < 1.29 is 17.6 Å². The van der Waals surface area contributed by atoms with Gasteiger partial charge >= 0.3 is 6.18 Å². The molecule has 0 saturated carbocycles. The predicted molar refractivity (Wildman–Crippen MR) is 133 cm³/mol. The van der Waals surface area contributed by atoms with Crippen molar-refractivity contribution >= 4 is 27.6 Å². The Kier molecular flexibility index (Phi) is 5.58. The maximum atomic E-state index is 13.5. The molecule has 6 nitrogen and oxygen atoms in total. The number of benzene rings is 2. The number of nitrogens with zero attached hydrogens (tertiary/aromatic N) is 3. The number of hydrogen-bond acceptors (Lipinski definition) is 5. The smallest absolute Gasteiger partial charge is 0.435 e. The monoisotopic (exact) mass is 492 g/mol. The van der Waals surface area contributed by atoms with E-state index in [1.54, 1.807) is 24.6 Å². The number of nitrogens with one attached hydrogen (secondary N) is 1. The highest BCUT2D eigenvalue weighted by Crippen LogP contribution is 2.36. The molecule has 0 amide bonds. The van der Waals surface area contributed by atoms with E-state index in [4.69, 9.17) is 4.42 Å². The second-order valence-corrected chi connectivity index (χ2v) is 8.96. The zero-order valence-corrected chi connectivity index (χ0v) is 20.1. The molecule has 0 bridgehead atoms. The van der Waals surface area contributed by atoms with Gasteiger partial charge in [0.25, 0.3) is 0 Å². The van der Waals surface area contributed by atoms with Crippen LogP contribution in [0.1, 0.15) is 35.3 Å². The van der Waals surface area contributed by atoms with E-state index in [0.717, 1.165) is 22.7 Å². The Labute approximate surface area is 204 Å². The molecule has 1 N–H and O–H groups in total. The maximum Gasteiger partial charge on any atom is 0.435 e. The molecule has 0 aliphatic heterocycles. The first-order chi connectivity index (χ1) is 17.0. The third-order valence-electron chi connectivity index (χ3n) is 6.19. The number of pyridine rings is 1. The fourth-order valence-corrected chi connectivity index (χ4v) is 4.51. The number of halogens is 3. The molecule has 0 unspecified atom stereocenters. The van der Waals surface area contributed by atoms with Crippen molar-refractivity contribution in [2.24, 2.45) is 7.05 Å². The van der Waals surface area contributed by atoms with Crippen LogP contribution in [0.4, 0.5) is 18.9 Å². The molecule has 2 aromatic carbocycles. The molecule has 3 aromatic heterocycles. The first-order valence-corrected chi connectivity index (χ1v) is 11.3. The van der Waals surface area contributed by atoms with Crippen molar-refractivity contribution in [2.75, 3.05) is 5.32 Å². The van der Waals surface area contributed by atoms with Gasteiger partial charge in [-0.25, -0.2) is 4.98 Å². The minimum Gasteiger partial charge on any atom is -0.455 e. The zero-order chi connectivity index (χ0) is 25.8. The van der Waals surface area contributed by atoms with E-state index in [-0.39, 0.29) is 11.1 Å².